The van der Waals surface area contributed by atoms with Gasteiger partial charge in [-0.25, -0.2) is 0 Å². The van der Waals surface area contributed by atoms with Crippen LogP contribution in [0.3, 0.4) is 0 Å². The number of nitrogens with one attached hydrogen (secondary N) is 1. The van der Waals surface area contributed by atoms with E-state index in [0.717, 1.165) is 17.7 Å². The van der Waals surface area contributed by atoms with Crippen LogP contribution in [0.2, 0.25) is 5.02 Å². The second kappa shape index (κ2) is 9.02. The van der Waals surface area contributed by atoms with Crippen LogP contribution < -0.4 is 5.32 Å². The summed E-state index contributed by atoms with van der Waals surface area (Å²) in [7, 11) is 0. The number of hydrogen-bond acceptors (Lipinski definition) is 2. The summed E-state index contributed by atoms with van der Waals surface area (Å²) >= 11 is 5.96. The molecular formula is C21H25ClN2O. The number of benzene rings is 2. The molecule has 0 saturated carbocycles. The normalized spacial score (nSPS) is 14.6. The maximum atomic E-state index is 12.0. The van der Waals surface area contributed by atoms with Crippen molar-refractivity contribution < 1.29 is 4.79 Å². The lowest BCUT2D eigenvalue weighted by atomic mass is 10.1. The van der Waals surface area contributed by atoms with Gasteiger partial charge in [-0.05, 0) is 61.2 Å². The zero-order valence-corrected chi connectivity index (χ0v) is 15.3. The first kappa shape index (κ1) is 18.0. The molecule has 25 heavy (non-hydrogen) atoms. The minimum atomic E-state index is 0.0705. The van der Waals surface area contributed by atoms with E-state index in [1.807, 2.05) is 24.3 Å². The molecule has 0 bridgehead atoms. The number of aryl methyl sites for hydroxylation is 1. The van der Waals surface area contributed by atoms with E-state index in [9.17, 15) is 4.79 Å². The first-order valence-electron chi connectivity index (χ1n) is 9.00. The standard InChI is InChI=1S/C21H25ClN2O/c22-20-5-3-4-17(14-20)10-11-21(25)23-15-18-6-8-19(9-7-18)16-24-12-1-2-13-24/h3-9,14H,1-2,10-13,15-16H2,(H,23,25). The van der Waals surface area contributed by atoms with Crippen LogP contribution >= 0.6 is 11.6 Å². The van der Waals surface area contributed by atoms with Crippen molar-refractivity contribution in [3.8, 4) is 0 Å². The van der Waals surface area contributed by atoms with E-state index in [4.69, 9.17) is 11.6 Å². The van der Waals surface area contributed by atoms with Gasteiger partial charge >= 0.3 is 0 Å². The van der Waals surface area contributed by atoms with Gasteiger partial charge in [0.15, 0.2) is 0 Å². The molecule has 132 valence electrons. The van der Waals surface area contributed by atoms with Gasteiger partial charge in [-0.15, -0.1) is 0 Å². The van der Waals surface area contributed by atoms with Crippen molar-refractivity contribution in [1.82, 2.24) is 10.2 Å². The molecule has 0 aromatic heterocycles. The summed E-state index contributed by atoms with van der Waals surface area (Å²) in [5.74, 6) is 0.0705. The number of rotatable bonds is 7. The van der Waals surface area contributed by atoms with Crippen LogP contribution in [0, 0.1) is 0 Å². The number of amides is 1. The predicted molar refractivity (Wildman–Crippen MR) is 103 cm³/mol. The van der Waals surface area contributed by atoms with Crippen LogP contribution in [-0.2, 0) is 24.3 Å². The van der Waals surface area contributed by atoms with Crippen molar-refractivity contribution in [1.29, 1.82) is 0 Å². The van der Waals surface area contributed by atoms with Gasteiger partial charge < -0.3 is 5.32 Å². The summed E-state index contributed by atoms with van der Waals surface area (Å²) in [4.78, 5) is 14.5. The van der Waals surface area contributed by atoms with Crippen molar-refractivity contribution in [2.24, 2.45) is 0 Å². The average Bonchev–Trinajstić information content (AvgIpc) is 3.12. The van der Waals surface area contributed by atoms with Crippen LogP contribution in [0.1, 0.15) is 36.0 Å². The largest absolute Gasteiger partial charge is 0.352 e. The molecule has 0 unspecified atom stereocenters. The smallest absolute Gasteiger partial charge is 0.220 e. The molecule has 2 aromatic carbocycles. The fourth-order valence-corrected chi connectivity index (χ4v) is 3.41. The Morgan fingerprint density at radius 2 is 1.72 bits per heavy atom. The minimum absolute atomic E-state index is 0.0705. The number of halogens is 1. The van der Waals surface area contributed by atoms with E-state index in [1.54, 1.807) is 0 Å². The second-order valence-corrected chi connectivity index (χ2v) is 7.14. The highest BCUT2D eigenvalue weighted by Crippen LogP contribution is 2.14. The van der Waals surface area contributed by atoms with Gasteiger partial charge in [0.2, 0.25) is 5.91 Å². The third-order valence-corrected chi connectivity index (χ3v) is 4.88. The fourth-order valence-electron chi connectivity index (χ4n) is 3.20. The summed E-state index contributed by atoms with van der Waals surface area (Å²) in [6, 6.07) is 16.2. The van der Waals surface area contributed by atoms with E-state index in [0.29, 0.717) is 24.4 Å². The highest BCUT2D eigenvalue weighted by molar-refractivity contribution is 6.30. The Balaban J connectivity index is 1.40. The molecule has 0 atom stereocenters. The molecule has 3 nitrogen and oxygen atoms in total. The zero-order valence-electron chi connectivity index (χ0n) is 14.5. The first-order chi connectivity index (χ1) is 12.2. The number of carbonyl (C=O) groups excluding carboxylic acids is 1. The van der Waals surface area contributed by atoms with Crippen molar-refractivity contribution in [2.75, 3.05) is 13.1 Å². The molecule has 1 amide bonds. The highest BCUT2D eigenvalue weighted by Gasteiger charge is 2.11. The van der Waals surface area contributed by atoms with Gasteiger partial charge in [-0.1, -0.05) is 48.0 Å². The summed E-state index contributed by atoms with van der Waals surface area (Å²) < 4.78 is 0. The second-order valence-electron chi connectivity index (χ2n) is 6.71. The zero-order chi connectivity index (χ0) is 17.5. The molecule has 0 aliphatic carbocycles. The summed E-state index contributed by atoms with van der Waals surface area (Å²) in [5, 5.41) is 3.71. The Morgan fingerprint density at radius 1 is 1.00 bits per heavy atom. The molecule has 1 aliphatic rings. The molecule has 1 heterocycles. The number of carbonyl (C=O) groups is 1. The monoisotopic (exact) mass is 356 g/mol. The maximum Gasteiger partial charge on any atom is 0.220 e. The van der Waals surface area contributed by atoms with Gasteiger partial charge in [-0.3, -0.25) is 9.69 Å². The molecule has 3 rings (SSSR count). The molecule has 4 heteroatoms. The van der Waals surface area contributed by atoms with Crippen LogP contribution in [0.15, 0.2) is 48.5 Å². The van der Waals surface area contributed by atoms with E-state index in [-0.39, 0.29) is 5.91 Å². The number of likely N-dealkylation sites (tertiary alicyclic amines) is 1. The molecule has 1 fully saturated rings. The Bertz CT molecular complexity index is 693. The van der Waals surface area contributed by atoms with Gasteiger partial charge in [0.1, 0.15) is 0 Å². The van der Waals surface area contributed by atoms with E-state index < -0.39 is 0 Å². The highest BCUT2D eigenvalue weighted by atomic mass is 35.5. The predicted octanol–water partition coefficient (Wildman–Crippen LogP) is 4.18. The van der Waals surface area contributed by atoms with E-state index in [1.165, 1.54) is 31.5 Å². The molecule has 2 aromatic rings. The summed E-state index contributed by atoms with van der Waals surface area (Å²) in [6.07, 6.45) is 3.83. The van der Waals surface area contributed by atoms with Crippen molar-refractivity contribution in [3.05, 3.63) is 70.2 Å². The fraction of sp³-hybridized carbons (Fsp3) is 0.381. The lowest BCUT2D eigenvalue weighted by Crippen LogP contribution is -2.23. The van der Waals surface area contributed by atoms with E-state index in [2.05, 4.69) is 34.5 Å². The SMILES string of the molecule is O=C(CCc1cccc(Cl)c1)NCc1ccc(CN2CCCC2)cc1. The Labute approximate surface area is 155 Å². The minimum Gasteiger partial charge on any atom is -0.352 e. The topological polar surface area (TPSA) is 32.3 Å². The quantitative estimate of drug-likeness (QED) is 0.807. The third kappa shape index (κ3) is 5.87. The van der Waals surface area contributed by atoms with Crippen LogP contribution in [0.4, 0.5) is 0 Å². The summed E-state index contributed by atoms with van der Waals surface area (Å²) in [6.45, 7) is 4.04. The van der Waals surface area contributed by atoms with Gasteiger partial charge in [0, 0.05) is 24.5 Å². The van der Waals surface area contributed by atoms with Gasteiger partial charge in [0.05, 0.1) is 0 Å². The van der Waals surface area contributed by atoms with E-state index >= 15 is 0 Å². The van der Waals surface area contributed by atoms with Crippen LogP contribution in [0.5, 0.6) is 0 Å². The summed E-state index contributed by atoms with van der Waals surface area (Å²) in [5.41, 5.74) is 3.58. The van der Waals surface area contributed by atoms with Crippen molar-refractivity contribution >= 4 is 17.5 Å². The van der Waals surface area contributed by atoms with Crippen LogP contribution in [0.25, 0.3) is 0 Å². The van der Waals surface area contributed by atoms with Crippen molar-refractivity contribution in [3.63, 3.8) is 0 Å². The first-order valence-corrected chi connectivity index (χ1v) is 9.38. The van der Waals surface area contributed by atoms with Crippen molar-refractivity contribution in [2.45, 2.75) is 38.8 Å². The van der Waals surface area contributed by atoms with Gasteiger partial charge in [-0.2, -0.15) is 0 Å². The number of hydrogen-bond donors (Lipinski definition) is 1. The number of nitrogens with zero attached hydrogens (tertiary/aromatic N) is 1. The Kier molecular flexibility index (Phi) is 6.48. The molecular weight excluding hydrogens is 332 g/mol. The lowest BCUT2D eigenvalue weighted by Gasteiger charge is -2.14. The third-order valence-electron chi connectivity index (χ3n) is 4.65. The molecule has 0 radical (unpaired) electrons. The van der Waals surface area contributed by atoms with Crippen LogP contribution in [-0.4, -0.2) is 23.9 Å². The Morgan fingerprint density at radius 3 is 2.44 bits per heavy atom. The average molecular weight is 357 g/mol. The Hall–Kier alpha value is -1.84. The molecule has 1 aliphatic heterocycles. The molecule has 1 N–H and O–H groups in total. The lowest BCUT2D eigenvalue weighted by molar-refractivity contribution is -0.121. The molecule has 1 saturated heterocycles. The van der Waals surface area contributed by atoms with Gasteiger partial charge in [0.25, 0.3) is 0 Å². The molecule has 0 spiro atoms. The maximum absolute atomic E-state index is 12.0.